The van der Waals surface area contributed by atoms with Crippen LogP contribution in [0.15, 0.2) is 108 Å². The molecule has 2 N–H and O–H groups in total. The van der Waals surface area contributed by atoms with Crippen LogP contribution in [0.2, 0.25) is 0 Å². The average molecular weight is 681 g/mol. The summed E-state index contributed by atoms with van der Waals surface area (Å²) < 4.78 is 42.0. The molecular weight excluding hydrogens is 633 g/mol. The summed E-state index contributed by atoms with van der Waals surface area (Å²) >= 11 is 0. The number of nitrogens with zero attached hydrogens (tertiary/aromatic N) is 1. The predicted molar refractivity (Wildman–Crippen MR) is 192 cm³/mol. The zero-order valence-corrected chi connectivity index (χ0v) is 29.5. The van der Waals surface area contributed by atoms with Crippen molar-refractivity contribution in [3.8, 4) is 11.1 Å². The Morgan fingerprint density at radius 1 is 0.837 bits per heavy atom. The second kappa shape index (κ2) is 13.7. The molecule has 2 heterocycles. The Morgan fingerprint density at radius 3 is 2.27 bits per heavy atom. The molecule has 5 atom stereocenters. The molecule has 4 aromatic carbocycles. The summed E-state index contributed by atoms with van der Waals surface area (Å²) in [7, 11) is -3.64. The summed E-state index contributed by atoms with van der Waals surface area (Å²) in [5.74, 6) is 0. The van der Waals surface area contributed by atoms with Crippen molar-refractivity contribution in [2.75, 3.05) is 13.1 Å². The molecule has 8 heteroatoms. The molecule has 3 fully saturated rings. The molecule has 0 amide bonds. The summed E-state index contributed by atoms with van der Waals surface area (Å²) in [4.78, 5) is 2.93. The minimum absolute atomic E-state index is 0.00497. The first kappa shape index (κ1) is 34.1. The van der Waals surface area contributed by atoms with E-state index in [4.69, 9.17) is 9.47 Å². The highest BCUT2D eigenvalue weighted by atomic mass is 32.2. The van der Waals surface area contributed by atoms with Crippen molar-refractivity contribution in [3.05, 3.63) is 125 Å². The van der Waals surface area contributed by atoms with Gasteiger partial charge in [0.1, 0.15) is 0 Å². The fraction of sp³-hybridized carbons (Fsp3) is 0.415. The summed E-state index contributed by atoms with van der Waals surface area (Å²) in [5, 5.41) is 9.61. The number of aliphatic hydroxyl groups is 1. The highest BCUT2D eigenvalue weighted by molar-refractivity contribution is 7.89. The molecule has 0 spiro atoms. The third kappa shape index (κ3) is 7.70. The molecule has 1 saturated carbocycles. The second-order valence-corrected chi connectivity index (χ2v) is 17.2. The molecule has 7 rings (SSSR count). The number of benzene rings is 4. The molecule has 0 aromatic heterocycles. The Kier molecular flexibility index (Phi) is 9.56. The standard InChI is InChI=1S/C41H48N2O5S/c1-40(2)22-34-23-41(3,27-40)28-43(34)25-35-21-38(31-15-13-29(26-44)14-16-31)48-39(47-35)32-19-17-30(18-20-32)37-12-8-7-9-33(37)24-42-49(45,46)36-10-5-4-6-11-36/h4-20,34-35,38-39,42,44H,21-28H2,1-3H3/t34?,35-,38+,39+,41?/m1/s1. The van der Waals surface area contributed by atoms with Crippen LogP contribution in [-0.2, 0) is 32.6 Å². The van der Waals surface area contributed by atoms with Crippen molar-refractivity contribution >= 4 is 10.0 Å². The van der Waals surface area contributed by atoms with E-state index in [0.29, 0.717) is 16.9 Å². The van der Waals surface area contributed by atoms with Gasteiger partial charge in [-0.2, -0.15) is 0 Å². The van der Waals surface area contributed by atoms with Crippen LogP contribution in [0.25, 0.3) is 11.1 Å². The Balaban J connectivity index is 1.10. The third-order valence-corrected chi connectivity index (χ3v) is 12.0. The van der Waals surface area contributed by atoms with Gasteiger partial charge in [-0.3, -0.25) is 4.90 Å². The number of rotatable bonds is 10. The molecule has 2 unspecified atom stereocenters. The van der Waals surface area contributed by atoms with E-state index in [9.17, 15) is 13.5 Å². The fourth-order valence-corrected chi connectivity index (χ4v) is 9.74. The lowest BCUT2D eigenvalue weighted by Gasteiger charge is -2.41. The molecule has 2 saturated heterocycles. The number of sulfonamides is 1. The number of ether oxygens (including phenoxy) is 2. The van der Waals surface area contributed by atoms with E-state index in [1.807, 2.05) is 36.4 Å². The van der Waals surface area contributed by atoms with Crippen molar-refractivity contribution in [2.24, 2.45) is 10.8 Å². The summed E-state index contributed by atoms with van der Waals surface area (Å²) in [6, 6.07) is 33.2. The van der Waals surface area contributed by atoms with Crippen molar-refractivity contribution < 1.29 is 23.0 Å². The molecule has 4 aromatic rings. The lowest BCUT2D eigenvalue weighted by Crippen LogP contribution is -2.42. The van der Waals surface area contributed by atoms with Gasteiger partial charge in [-0.1, -0.05) is 112 Å². The van der Waals surface area contributed by atoms with Crippen LogP contribution in [0.5, 0.6) is 0 Å². The van der Waals surface area contributed by atoms with E-state index in [1.165, 1.54) is 19.3 Å². The smallest absolute Gasteiger partial charge is 0.240 e. The number of hydrogen-bond acceptors (Lipinski definition) is 6. The highest BCUT2D eigenvalue weighted by Crippen LogP contribution is 2.53. The average Bonchev–Trinajstić information content (AvgIpc) is 3.34. The lowest BCUT2D eigenvalue weighted by atomic mass is 9.65. The third-order valence-electron chi connectivity index (χ3n) is 10.6. The Labute approximate surface area is 291 Å². The van der Waals surface area contributed by atoms with Crippen molar-refractivity contribution in [1.82, 2.24) is 9.62 Å². The van der Waals surface area contributed by atoms with Gasteiger partial charge in [0, 0.05) is 37.7 Å². The van der Waals surface area contributed by atoms with Gasteiger partial charge in [0.05, 0.1) is 23.7 Å². The van der Waals surface area contributed by atoms with Gasteiger partial charge in [-0.25, -0.2) is 13.1 Å². The largest absolute Gasteiger partial charge is 0.392 e. The first-order chi connectivity index (χ1) is 23.5. The van der Waals surface area contributed by atoms with Crippen LogP contribution >= 0.6 is 0 Å². The molecule has 7 nitrogen and oxygen atoms in total. The zero-order valence-electron chi connectivity index (χ0n) is 28.7. The van der Waals surface area contributed by atoms with Crippen molar-refractivity contribution in [3.63, 3.8) is 0 Å². The number of hydrogen-bond donors (Lipinski definition) is 2. The van der Waals surface area contributed by atoms with Crippen LogP contribution in [0.4, 0.5) is 0 Å². The van der Waals surface area contributed by atoms with Crippen LogP contribution in [-0.4, -0.2) is 43.7 Å². The number of aliphatic hydroxyl groups excluding tert-OH is 1. The molecule has 3 aliphatic rings. The quantitative estimate of drug-likeness (QED) is 0.178. The molecule has 2 bridgehead atoms. The monoisotopic (exact) mass is 680 g/mol. The SMILES string of the molecule is CC1(C)CC2CC(C)(CN2C[C@H]2C[C@@H](c3ccc(CO)cc3)O[C@@H](c3ccc(-c4ccccc4CNS(=O)(=O)c4ccccc4)cc3)O2)C1. The van der Waals surface area contributed by atoms with E-state index >= 15 is 0 Å². The normalized spacial score (nSPS) is 26.9. The van der Waals surface area contributed by atoms with Crippen molar-refractivity contribution in [1.29, 1.82) is 0 Å². The van der Waals surface area contributed by atoms with Gasteiger partial charge in [-0.15, -0.1) is 0 Å². The van der Waals surface area contributed by atoms with E-state index in [0.717, 1.165) is 52.9 Å². The van der Waals surface area contributed by atoms with E-state index in [2.05, 4.69) is 66.8 Å². The first-order valence-corrected chi connectivity index (χ1v) is 19.0. The Bertz CT molecular complexity index is 1850. The topological polar surface area (TPSA) is 88.1 Å². The van der Waals surface area contributed by atoms with Crippen LogP contribution < -0.4 is 4.72 Å². The molecular formula is C41H48N2O5S. The summed E-state index contributed by atoms with van der Waals surface area (Å²) in [5.41, 5.74) is 6.47. The summed E-state index contributed by atoms with van der Waals surface area (Å²) in [6.07, 6.45) is 3.84. The van der Waals surface area contributed by atoms with E-state index in [-0.39, 0.29) is 30.3 Å². The minimum Gasteiger partial charge on any atom is -0.392 e. The minimum atomic E-state index is -3.64. The second-order valence-electron chi connectivity index (χ2n) is 15.4. The van der Waals surface area contributed by atoms with Gasteiger partial charge >= 0.3 is 0 Å². The first-order valence-electron chi connectivity index (χ1n) is 17.5. The zero-order chi connectivity index (χ0) is 34.2. The lowest BCUT2D eigenvalue weighted by molar-refractivity contribution is -0.253. The molecule has 2 aliphatic heterocycles. The van der Waals surface area contributed by atoms with E-state index < -0.39 is 16.3 Å². The molecule has 258 valence electrons. The maximum Gasteiger partial charge on any atom is 0.240 e. The van der Waals surface area contributed by atoms with Gasteiger partial charge in [-0.05, 0) is 70.0 Å². The molecule has 0 radical (unpaired) electrons. The number of fused-ring (bicyclic) bond motifs is 2. The number of likely N-dealkylation sites (tertiary alicyclic amines) is 1. The predicted octanol–water partition coefficient (Wildman–Crippen LogP) is 7.77. The Morgan fingerprint density at radius 2 is 1.53 bits per heavy atom. The van der Waals surface area contributed by atoms with Crippen molar-refractivity contribution in [2.45, 2.75) is 89.0 Å². The van der Waals surface area contributed by atoms with Crippen LogP contribution in [0, 0.1) is 10.8 Å². The van der Waals surface area contributed by atoms with Gasteiger partial charge in [0.2, 0.25) is 10.0 Å². The maximum atomic E-state index is 12.9. The fourth-order valence-electron chi connectivity index (χ4n) is 8.72. The molecule has 1 aliphatic carbocycles. The molecule has 49 heavy (non-hydrogen) atoms. The Hall–Kier alpha value is -3.37. The van der Waals surface area contributed by atoms with Crippen LogP contribution in [0.3, 0.4) is 0 Å². The van der Waals surface area contributed by atoms with Crippen LogP contribution in [0.1, 0.15) is 81.1 Å². The summed E-state index contributed by atoms with van der Waals surface area (Å²) in [6.45, 7) is 9.47. The highest BCUT2D eigenvalue weighted by Gasteiger charge is 2.50. The maximum absolute atomic E-state index is 12.9. The van der Waals surface area contributed by atoms with Gasteiger partial charge in [0.15, 0.2) is 6.29 Å². The number of nitrogens with one attached hydrogen (secondary N) is 1. The van der Waals surface area contributed by atoms with Gasteiger partial charge < -0.3 is 14.6 Å². The van der Waals surface area contributed by atoms with E-state index in [1.54, 1.807) is 30.3 Å². The van der Waals surface area contributed by atoms with Gasteiger partial charge in [0.25, 0.3) is 0 Å².